The molecule has 8 heavy (non-hydrogen) atoms. The Balaban J connectivity index is 3.62. The van der Waals surface area contributed by atoms with Crippen molar-refractivity contribution in [2.45, 2.75) is 26.9 Å². The summed E-state index contributed by atoms with van der Waals surface area (Å²) in [6, 6.07) is 0. The molecule has 0 aliphatic heterocycles. The lowest BCUT2D eigenvalue weighted by Crippen LogP contribution is -2.29. The van der Waals surface area contributed by atoms with E-state index in [1.807, 2.05) is 20.8 Å². The van der Waals surface area contributed by atoms with Crippen molar-refractivity contribution in [2.75, 3.05) is 6.61 Å². The van der Waals surface area contributed by atoms with E-state index in [9.17, 15) is 0 Å². The quantitative estimate of drug-likeness (QED) is 0.522. The molecular formula is C6H14O2. The molecule has 2 N–H and O–H groups in total. The topological polar surface area (TPSA) is 40.5 Å². The largest absolute Gasteiger partial charge is 0.394 e. The Morgan fingerprint density at radius 3 is 1.75 bits per heavy atom. The van der Waals surface area contributed by atoms with Crippen LogP contribution in [-0.2, 0) is 0 Å². The van der Waals surface area contributed by atoms with Crippen molar-refractivity contribution in [3.8, 4) is 0 Å². The van der Waals surface area contributed by atoms with E-state index in [4.69, 9.17) is 10.2 Å². The molecule has 0 aliphatic carbocycles. The minimum absolute atomic E-state index is 0.149. The van der Waals surface area contributed by atoms with E-state index < -0.39 is 6.10 Å². The smallest absolute Gasteiger partial charge is 0.0819 e. The lowest BCUT2D eigenvalue weighted by molar-refractivity contribution is 0.0133. The maximum absolute atomic E-state index is 8.94. The Morgan fingerprint density at radius 1 is 1.38 bits per heavy atom. The molecular weight excluding hydrogens is 104 g/mol. The molecule has 0 saturated heterocycles. The van der Waals surface area contributed by atoms with E-state index in [1.165, 1.54) is 0 Å². The normalized spacial score (nSPS) is 16.1. The molecule has 0 amide bonds. The lowest BCUT2D eigenvalue weighted by atomic mass is 9.90. The third-order valence-corrected chi connectivity index (χ3v) is 1.17. The molecule has 0 fully saturated rings. The summed E-state index contributed by atoms with van der Waals surface area (Å²) in [5.74, 6) is 0. The summed E-state index contributed by atoms with van der Waals surface area (Å²) >= 11 is 0. The minimum atomic E-state index is -0.595. The van der Waals surface area contributed by atoms with Gasteiger partial charge >= 0.3 is 0 Å². The first-order valence-corrected chi connectivity index (χ1v) is 2.77. The Bertz CT molecular complexity index is 63.4. The van der Waals surface area contributed by atoms with Gasteiger partial charge in [-0.25, -0.2) is 0 Å². The van der Waals surface area contributed by atoms with Crippen LogP contribution in [0, 0.1) is 5.41 Å². The number of hydrogen-bond acceptors (Lipinski definition) is 2. The fraction of sp³-hybridized carbons (Fsp3) is 1.00. The molecule has 0 aromatic heterocycles. The second-order valence-electron chi connectivity index (χ2n) is 3.06. The highest BCUT2D eigenvalue weighted by atomic mass is 16.3. The highest BCUT2D eigenvalue weighted by Crippen LogP contribution is 2.17. The first-order valence-electron chi connectivity index (χ1n) is 2.77. The minimum Gasteiger partial charge on any atom is -0.394 e. The highest BCUT2D eigenvalue weighted by Gasteiger charge is 2.20. The molecule has 1 unspecified atom stereocenters. The Hall–Kier alpha value is -0.0800. The van der Waals surface area contributed by atoms with E-state index >= 15 is 0 Å². The summed E-state index contributed by atoms with van der Waals surface area (Å²) in [5, 5.41) is 17.4. The maximum Gasteiger partial charge on any atom is 0.0819 e. The molecule has 0 rings (SSSR count). The Kier molecular flexibility index (Phi) is 2.44. The molecule has 0 radical (unpaired) electrons. The van der Waals surface area contributed by atoms with Gasteiger partial charge in [0.25, 0.3) is 0 Å². The molecule has 50 valence electrons. The SMILES string of the molecule is CC(C)(C)C(O)CO. The zero-order valence-electron chi connectivity index (χ0n) is 5.68. The third kappa shape index (κ3) is 2.28. The summed E-state index contributed by atoms with van der Waals surface area (Å²) in [7, 11) is 0. The van der Waals surface area contributed by atoms with Gasteiger partial charge in [-0.1, -0.05) is 20.8 Å². The van der Waals surface area contributed by atoms with Gasteiger partial charge in [0.05, 0.1) is 12.7 Å². The van der Waals surface area contributed by atoms with Crippen LogP contribution in [0.25, 0.3) is 0 Å². The summed E-state index contributed by atoms with van der Waals surface area (Å²) in [4.78, 5) is 0. The zero-order chi connectivity index (χ0) is 6.78. The van der Waals surface area contributed by atoms with E-state index in [0.717, 1.165) is 0 Å². The summed E-state index contributed by atoms with van der Waals surface area (Å²) in [6.45, 7) is 5.50. The molecule has 0 aromatic rings. The Labute approximate surface area is 50.2 Å². The van der Waals surface area contributed by atoms with Gasteiger partial charge < -0.3 is 10.2 Å². The number of rotatable bonds is 1. The molecule has 2 heteroatoms. The fourth-order valence-electron chi connectivity index (χ4n) is 0.274. The van der Waals surface area contributed by atoms with Crippen molar-refractivity contribution in [1.29, 1.82) is 0 Å². The average Bonchev–Trinajstić information content (AvgIpc) is 1.62. The molecule has 2 nitrogen and oxygen atoms in total. The van der Waals surface area contributed by atoms with Crippen LogP contribution in [0.5, 0.6) is 0 Å². The van der Waals surface area contributed by atoms with Crippen LogP contribution in [0.3, 0.4) is 0 Å². The van der Waals surface area contributed by atoms with Gasteiger partial charge in [-0.2, -0.15) is 0 Å². The maximum atomic E-state index is 8.94. The molecule has 1 atom stereocenters. The monoisotopic (exact) mass is 118 g/mol. The van der Waals surface area contributed by atoms with E-state index in [-0.39, 0.29) is 12.0 Å². The van der Waals surface area contributed by atoms with Gasteiger partial charge in [0.15, 0.2) is 0 Å². The van der Waals surface area contributed by atoms with Crippen LogP contribution in [0.4, 0.5) is 0 Å². The van der Waals surface area contributed by atoms with Gasteiger partial charge in [0, 0.05) is 0 Å². The second kappa shape index (κ2) is 2.46. The van der Waals surface area contributed by atoms with Crippen LogP contribution < -0.4 is 0 Å². The van der Waals surface area contributed by atoms with Gasteiger partial charge in [0.2, 0.25) is 0 Å². The van der Waals surface area contributed by atoms with Crippen molar-refractivity contribution < 1.29 is 10.2 Å². The number of hydrogen-bond donors (Lipinski definition) is 2. The van der Waals surface area contributed by atoms with Crippen molar-refractivity contribution in [1.82, 2.24) is 0 Å². The molecule has 0 saturated carbocycles. The van der Waals surface area contributed by atoms with Crippen LogP contribution in [0.15, 0.2) is 0 Å². The van der Waals surface area contributed by atoms with Crippen molar-refractivity contribution >= 4 is 0 Å². The Morgan fingerprint density at radius 2 is 1.75 bits per heavy atom. The van der Waals surface area contributed by atoms with Crippen molar-refractivity contribution in [3.63, 3.8) is 0 Å². The predicted octanol–water partition coefficient (Wildman–Crippen LogP) is 0.386. The number of aliphatic hydroxyl groups excluding tert-OH is 2. The standard InChI is InChI=1S/C6H14O2/c1-6(2,3)5(8)4-7/h5,7-8H,4H2,1-3H3. The van der Waals surface area contributed by atoms with E-state index in [0.29, 0.717) is 0 Å². The summed E-state index contributed by atoms with van der Waals surface area (Å²) in [5.41, 5.74) is -0.186. The highest BCUT2D eigenvalue weighted by molar-refractivity contribution is 4.70. The third-order valence-electron chi connectivity index (χ3n) is 1.17. The van der Waals surface area contributed by atoms with Gasteiger partial charge in [0.1, 0.15) is 0 Å². The van der Waals surface area contributed by atoms with Crippen LogP contribution in [0.1, 0.15) is 20.8 Å². The molecule has 0 aliphatic rings. The predicted molar refractivity (Wildman–Crippen MR) is 32.5 cm³/mol. The average molecular weight is 118 g/mol. The fourth-order valence-corrected chi connectivity index (χ4v) is 0.274. The van der Waals surface area contributed by atoms with Crippen LogP contribution in [0.2, 0.25) is 0 Å². The summed E-state index contributed by atoms with van der Waals surface area (Å²) < 4.78 is 0. The first kappa shape index (κ1) is 7.92. The van der Waals surface area contributed by atoms with Gasteiger partial charge in [-0.05, 0) is 5.41 Å². The molecule has 0 aromatic carbocycles. The van der Waals surface area contributed by atoms with Crippen LogP contribution in [-0.4, -0.2) is 22.9 Å². The van der Waals surface area contributed by atoms with Gasteiger partial charge in [-0.3, -0.25) is 0 Å². The number of aliphatic hydroxyl groups is 2. The van der Waals surface area contributed by atoms with E-state index in [2.05, 4.69) is 0 Å². The van der Waals surface area contributed by atoms with E-state index in [1.54, 1.807) is 0 Å². The van der Waals surface area contributed by atoms with Gasteiger partial charge in [-0.15, -0.1) is 0 Å². The lowest BCUT2D eigenvalue weighted by Gasteiger charge is -2.23. The summed E-state index contributed by atoms with van der Waals surface area (Å²) in [6.07, 6.45) is -0.595. The first-order chi connectivity index (χ1) is 3.48. The van der Waals surface area contributed by atoms with Crippen molar-refractivity contribution in [2.24, 2.45) is 5.41 Å². The molecule has 0 heterocycles. The zero-order valence-corrected chi connectivity index (χ0v) is 5.68. The molecule has 0 spiro atoms. The molecule has 0 bridgehead atoms. The van der Waals surface area contributed by atoms with Crippen LogP contribution >= 0.6 is 0 Å². The van der Waals surface area contributed by atoms with Crippen molar-refractivity contribution in [3.05, 3.63) is 0 Å². The second-order valence-corrected chi connectivity index (χ2v) is 3.06.